The smallest absolute Gasteiger partial charge is 0.220 e. The van der Waals surface area contributed by atoms with Crippen LogP contribution in [0.3, 0.4) is 0 Å². The van der Waals surface area contributed by atoms with E-state index >= 15 is 0 Å². The van der Waals surface area contributed by atoms with Gasteiger partial charge in [0.25, 0.3) is 0 Å². The fourth-order valence-corrected chi connectivity index (χ4v) is 12.8. The molecule has 3 aliphatic rings. The Morgan fingerprint density at radius 1 is 0.389 bits per heavy atom. The summed E-state index contributed by atoms with van der Waals surface area (Å²) in [6.45, 7) is 1.79. The summed E-state index contributed by atoms with van der Waals surface area (Å²) in [5, 5.41) is 121. The van der Waals surface area contributed by atoms with Gasteiger partial charge in [-0.25, -0.2) is 0 Å². The van der Waals surface area contributed by atoms with Crippen molar-refractivity contribution < 1.29 is 89.4 Å². The number of rotatable bonds is 58. The second-order valence-electron chi connectivity index (χ2n) is 26.8. The highest BCUT2D eigenvalue weighted by Gasteiger charge is 2.53. The van der Waals surface area contributed by atoms with Crippen molar-refractivity contribution in [1.82, 2.24) is 5.32 Å². The molecule has 0 saturated carbocycles. The minimum absolute atomic E-state index is 0.250. The highest BCUT2D eigenvalue weighted by Crippen LogP contribution is 2.33. The predicted octanol–water partition coefficient (Wildman–Crippen LogP) is 10.4. The van der Waals surface area contributed by atoms with E-state index in [9.17, 15) is 61.0 Å². The van der Waals surface area contributed by atoms with Crippen molar-refractivity contribution in [3.05, 3.63) is 12.2 Å². The monoisotopic (exact) mass is 1290 g/mol. The molecule has 0 aromatic rings. The Morgan fingerprint density at radius 3 is 1.04 bits per heavy atom. The van der Waals surface area contributed by atoms with Gasteiger partial charge in [0.2, 0.25) is 5.91 Å². The summed E-state index contributed by atoms with van der Waals surface area (Å²) in [6.07, 6.45) is 33.3. The number of hydrogen-bond acceptors (Lipinski definition) is 18. The molecule has 0 aromatic carbocycles. The molecule has 0 aromatic heterocycles. The SMILES string of the molecule is CCCCCCCCCCCCCCCCCCCCCCCCC/C=C/C(O)C(COC1OC(CO)C(OC2OC(CO)C(OC3OC(CO)C(O)C(O)C3O)C(O)C2O)C(O)C1O)NC(=O)CCCCCCCCCCCCCCCCCCCCCC. The van der Waals surface area contributed by atoms with Crippen LogP contribution >= 0.6 is 0 Å². The van der Waals surface area contributed by atoms with Crippen LogP contribution in [0.5, 0.6) is 0 Å². The third-order valence-electron chi connectivity index (χ3n) is 18.8. The Labute approximate surface area is 544 Å². The van der Waals surface area contributed by atoms with Crippen molar-refractivity contribution in [2.45, 2.75) is 407 Å². The molecule has 1 amide bonds. The average Bonchev–Trinajstić information content (AvgIpc) is 1.16. The first kappa shape index (κ1) is 82.8. The zero-order chi connectivity index (χ0) is 65.4. The van der Waals surface area contributed by atoms with Gasteiger partial charge in [0.15, 0.2) is 18.9 Å². The van der Waals surface area contributed by atoms with Crippen molar-refractivity contribution in [2.75, 3.05) is 26.4 Å². The molecule has 3 rings (SSSR count). The Morgan fingerprint density at radius 2 is 0.689 bits per heavy atom. The quantitative estimate of drug-likeness (QED) is 0.0199. The highest BCUT2D eigenvalue weighted by atomic mass is 16.8. The minimum atomic E-state index is -1.98. The Hall–Kier alpha value is -1.47. The second kappa shape index (κ2) is 53.6. The number of amides is 1. The van der Waals surface area contributed by atoms with E-state index < -0.39 is 124 Å². The van der Waals surface area contributed by atoms with E-state index in [4.69, 9.17) is 28.4 Å². The molecule has 17 unspecified atom stereocenters. The molecule has 532 valence electrons. The zero-order valence-electron chi connectivity index (χ0n) is 56.4. The number of aliphatic hydroxyl groups excluding tert-OH is 11. The first-order chi connectivity index (χ1) is 43.8. The van der Waals surface area contributed by atoms with Crippen LogP contribution in [0.15, 0.2) is 12.2 Å². The first-order valence-corrected chi connectivity index (χ1v) is 36.9. The number of ether oxygens (including phenoxy) is 6. The summed E-state index contributed by atoms with van der Waals surface area (Å²) in [5.74, 6) is -0.268. The van der Waals surface area contributed by atoms with Crippen molar-refractivity contribution in [2.24, 2.45) is 0 Å². The molecule has 3 saturated heterocycles. The molecule has 90 heavy (non-hydrogen) atoms. The molecule has 0 radical (unpaired) electrons. The first-order valence-electron chi connectivity index (χ1n) is 36.9. The van der Waals surface area contributed by atoms with E-state index in [1.165, 1.54) is 231 Å². The van der Waals surface area contributed by atoms with Crippen LogP contribution in [-0.2, 0) is 33.2 Å². The van der Waals surface area contributed by atoms with Gasteiger partial charge in [-0.1, -0.05) is 289 Å². The van der Waals surface area contributed by atoms with Crippen LogP contribution in [-0.4, -0.2) is 193 Å². The molecule has 0 bridgehead atoms. The molecule has 19 heteroatoms. The van der Waals surface area contributed by atoms with Crippen molar-refractivity contribution >= 4 is 5.91 Å². The number of unbranched alkanes of at least 4 members (excludes halogenated alkanes) is 42. The number of carbonyl (C=O) groups is 1. The number of carbonyl (C=O) groups excluding carboxylic acids is 1. The Balaban J connectivity index is 1.42. The van der Waals surface area contributed by atoms with Crippen molar-refractivity contribution in [3.8, 4) is 0 Å². The number of hydrogen-bond donors (Lipinski definition) is 12. The highest BCUT2D eigenvalue weighted by molar-refractivity contribution is 5.76. The topological polar surface area (TPSA) is 307 Å². The normalized spacial score (nSPS) is 28.0. The van der Waals surface area contributed by atoms with Gasteiger partial charge in [0, 0.05) is 6.42 Å². The lowest BCUT2D eigenvalue weighted by Crippen LogP contribution is -2.66. The zero-order valence-corrected chi connectivity index (χ0v) is 56.4. The van der Waals surface area contributed by atoms with E-state index in [1.54, 1.807) is 6.08 Å². The lowest BCUT2D eigenvalue weighted by molar-refractivity contribution is -0.379. The summed E-state index contributed by atoms with van der Waals surface area (Å²) >= 11 is 0. The summed E-state index contributed by atoms with van der Waals surface area (Å²) in [7, 11) is 0. The largest absolute Gasteiger partial charge is 0.394 e. The van der Waals surface area contributed by atoms with Gasteiger partial charge >= 0.3 is 0 Å². The van der Waals surface area contributed by atoms with Gasteiger partial charge in [0.05, 0.1) is 38.6 Å². The lowest BCUT2D eigenvalue weighted by atomic mass is 9.96. The van der Waals surface area contributed by atoms with E-state index in [0.717, 1.165) is 44.9 Å². The standard InChI is InChI=1S/C71H135NO18/c1-3-5-7-9-11-13-15-17-19-21-23-25-26-27-28-29-30-32-34-36-38-40-42-44-46-48-55(76)54(72-59(77)49-47-45-43-41-39-37-35-33-31-24-22-20-18-16-14-12-10-8-6-4-2)53-85-69-65(83)62(80)67(57(51-74)87-69)90-71-66(84)63(81)68(58(52-75)88-71)89-70-64(82)61(79)60(78)56(50-73)86-70/h46,48,54-58,60-71,73-76,78-84H,3-45,47,49-53H2,1-2H3,(H,72,77)/b48-46+. The molecule has 0 spiro atoms. The Kier molecular flexibility index (Phi) is 49.3. The van der Waals surface area contributed by atoms with Crippen LogP contribution in [0.4, 0.5) is 0 Å². The molecular weight excluding hydrogens is 1150 g/mol. The third kappa shape index (κ3) is 35.0. The molecule has 3 heterocycles. The molecule has 0 aliphatic carbocycles. The predicted molar refractivity (Wildman–Crippen MR) is 351 cm³/mol. The number of allylic oxidation sites excluding steroid dienone is 1. The summed E-state index contributed by atoms with van der Waals surface area (Å²) in [6, 6.07) is -0.969. The van der Waals surface area contributed by atoms with E-state index in [1.807, 2.05) is 6.08 Å². The summed E-state index contributed by atoms with van der Waals surface area (Å²) in [5.41, 5.74) is 0. The fraction of sp³-hybridized carbons (Fsp3) is 0.958. The van der Waals surface area contributed by atoms with Gasteiger partial charge in [0.1, 0.15) is 73.2 Å². The maximum atomic E-state index is 13.4. The molecule has 12 N–H and O–H groups in total. The maximum Gasteiger partial charge on any atom is 0.220 e. The molecule has 19 nitrogen and oxygen atoms in total. The Bertz CT molecular complexity index is 1680. The van der Waals surface area contributed by atoms with E-state index in [-0.39, 0.29) is 18.9 Å². The van der Waals surface area contributed by atoms with Gasteiger partial charge in [-0.05, 0) is 19.3 Å². The second-order valence-corrected chi connectivity index (χ2v) is 26.8. The molecule has 3 fully saturated rings. The average molecular weight is 1290 g/mol. The summed E-state index contributed by atoms with van der Waals surface area (Å²) in [4.78, 5) is 13.4. The number of nitrogens with one attached hydrogen (secondary N) is 1. The van der Waals surface area contributed by atoms with Crippen LogP contribution < -0.4 is 5.32 Å². The number of aliphatic hydroxyl groups is 11. The van der Waals surface area contributed by atoms with Gasteiger partial charge in [-0.2, -0.15) is 0 Å². The van der Waals surface area contributed by atoms with Gasteiger partial charge in [-0.15, -0.1) is 0 Å². The molecular formula is C71H135NO18. The minimum Gasteiger partial charge on any atom is -0.394 e. The fourth-order valence-electron chi connectivity index (χ4n) is 12.8. The van der Waals surface area contributed by atoms with E-state index in [0.29, 0.717) is 6.42 Å². The van der Waals surface area contributed by atoms with Crippen LogP contribution in [0.2, 0.25) is 0 Å². The van der Waals surface area contributed by atoms with Crippen LogP contribution in [0, 0.1) is 0 Å². The van der Waals surface area contributed by atoms with Gasteiger partial charge in [-0.3, -0.25) is 4.79 Å². The molecule has 17 atom stereocenters. The van der Waals surface area contributed by atoms with Gasteiger partial charge < -0.3 is 89.9 Å². The van der Waals surface area contributed by atoms with Crippen molar-refractivity contribution in [3.63, 3.8) is 0 Å². The lowest BCUT2D eigenvalue weighted by Gasteiger charge is -2.48. The van der Waals surface area contributed by atoms with E-state index in [2.05, 4.69) is 19.2 Å². The summed E-state index contributed by atoms with van der Waals surface area (Å²) < 4.78 is 34.4. The molecule has 3 aliphatic heterocycles. The maximum absolute atomic E-state index is 13.4. The van der Waals surface area contributed by atoms with Crippen LogP contribution in [0.25, 0.3) is 0 Å². The van der Waals surface area contributed by atoms with Crippen LogP contribution in [0.1, 0.15) is 303 Å². The third-order valence-corrected chi connectivity index (χ3v) is 18.8. The van der Waals surface area contributed by atoms with Crippen molar-refractivity contribution in [1.29, 1.82) is 0 Å².